The van der Waals surface area contributed by atoms with Gasteiger partial charge in [0.2, 0.25) is 0 Å². The molecule has 0 bridgehead atoms. The summed E-state index contributed by atoms with van der Waals surface area (Å²) in [5.41, 5.74) is 2.33. The van der Waals surface area contributed by atoms with E-state index in [1.165, 1.54) is 12.8 Å². The molecule has 23 heavy (non-hydrogen) atoms. The number of carbonyl (C=O) groups is 1. The second kappa shape index (κ2) is 6.77. The maximum absolute atomic E-state index is 12.1. The minimum atomic E-state index is -0.0662. The molecular formula is C18H22N4O. The molecule has 1 fully saturated rings. The predicted octanol–water partition coefficient (Wildman–Crippen LogP) is 2.88. The molecule has 5 heteroatoms. The summed E-state index contributed by atoms with van der Waals surface area (Å²) in [5, 5.41) is 11.6. The third kappa shape index (κ3) is 3.67. The van der Waals surface area contributed by atoms with Crippen molar-refractivity contribution < 1.29 is 4.79 Å². The van der Waals surface area contributed by atoms with Crippen LogP contribution in [0.1, 0.15) is 37.0 Å². The van der Waals surface area contributed by atoms with Gasteiger partial charge in [-0.25, -0.2) is 0 Å². The van der Waals surface area contributed by atoms with Gasteiger partial charge in [0, 0.05) is 30.3 Å². The van der Waals surface area contributed by atoms with Crippen molar-refractivity contribution in [2.24, 2.45) is 0 Å². The van der Waals surface area contributed by atoms with Crippen LogP contribution in [0.15, 0.2) is 36.4 Å². The highest BCUT2D eigenvalue weighted by Gasteiger charge is 2.14. The van der Waals surface area contributed by atoms with Crippen LogP contribution in [0, 0.1) is 0 Å². The largest absolute Gasteiger partial charge is 0.355 e. The van der Waals surface area contributed by atoms with Gasteiger partial charge in [-0.15, -0.1) is 10.2 Å². The van der Waals surface area contributed by atoms with Crippen LogP contribution < -0.4 is 10.2 Å². The predicted molar refractivity (Wildman–Crippen MR) is 91.5 cm³/mol. The highest BCUT2D eigenvalue weighted by molar-refractivity contribution is 5.95. The number of nitrogens with zero attached hydrogens (tertiary/aromatic N) is 3. The van der Waals surface area contributed by atoms with Crippen LogP contribution in [0.2, 0.25) is 0 Å². The van der Waals surface area contributed by atoms with Crippen LogP contribution in [0.25, 0.3) is 11.3 Å². The quantitative estimate of drug-likeness (QED) is 0.943. The number of benzene rings is 1. The molecule has 2 aromatic rings. The van der Waals surface area contributed by atoms with Crippen LogP contribution in [0.3, 0.4) is 0 Å². The summed E-state index contributed by atoms with van der Waals surface area (Å²) in [4.78, 5) is 14.4. The van der Waals surface area contributed by atoms with E-state index in [0.717, 1.165) is 30.2 Å². The molecule has 1 saturated heterocycles. The summed E-state index contributed by atoms with van der Waals surface area (Å²) in [7, 11) is 0. The van der Waals surface area contributed by atoms with Gasteiger partial charge in [0.25, 0.3) is 5.91 Å². The highest BCUT2D eigenvalue weighted by atomic mass is 16.1. The first-order chi connectivity index (χ1) is 11.1. The molecule has 2 heterocycles. The van der Waals surface area contributed by atoms with Crippen LogP contribution in [0.5, 0.6) is 0 Å². The lowest BCUT2D eigenvalue weighted by molar-refractivity contribution is 0.0943. The molecule has 1 aromatic heterocycles. The van der Waals surface area contributed by atoms with Crippen LogP contribution in [-0.4, -0.2) is 35.2 Å². The molecule has 120 valence electrons. The second-order valence-electron chi connectivity index (χ2n) is 6.18. The van der Waals surface area contributed by atoms with Gasteiger partial charge in [-0.2, -0.15) is 0 Å². The zero-order chi connectivity index (χ0) is 16.2. The molecule has 5 nitrogen and oxygen atoms in total. The van der Waals surface area contributed by atoms with E-state index in [-0.39, 0.29) is 11.9 Å². The Kier molecular flexibility index (Phi) is 4.55. The zero-order valence-electron chi connectivity index (χ0n) is 13.6. The molecule has 0 aliphatic carbocycles. The maximum Gasteiger partial charge on any atom is 0.251 e. The number of aromatic nitrogens is 2. The van der Waals surface area contributed by atoms with Crippen molar-refractivity contribution in [3.63, 3.8) is 0 Å². The average Bonchev–Trinajstić information content (AvgIpc) is 3.09. The van der Waals surface area contributed by atoms with E-state index in [9.17, 15) is 4.79 Å². The van der Waals surface area contributed by atoms with Crippen molar-refractivity contribution in [2.75, 3.05) is 18.0 Å². The summed E-state index contributed by atoms with van der Waals surface area (Å²) in [5.74, 6) is 0.864. The van der Waals surface area contributed by atoms with Gasteiger partial charge in [0.05, 0.1) is 5.69 Å². The summed E-state index contributed by atoms with van der Waals surface area (Å²) in [6, 6.07) is 11.6. The maximum atomic E-state index is 12.1. The first-order valence-corrected chi connectivity index (χ1v) is 8.13. The number of amides is 1. The Morgan fingerprint density at radius 1 is 1.13 bits per heavy atom. The highest BCUT2D eigenvalue weighted by Crippen LogP contribution is 2.21. The number of nitrogens with one attached hydrogen (secondary N) is 1. The molecule has 1 aromatic carbocycles. The molecule has 1 aliphatic heterocycles. The fraction of sp³-hybridized carbons (Fsp3) is 0.389. The SMILES string of the molecule is CC(C)NC(=O)c1cccc(-c2ccc(N3CCCC3)nn2)c1. The van der Waals surface area contributed by atoms with E-state index in [1.807, 2.05) is 50.2 Å². The van der Waals surface area contributed by atoms with Crippen LogP contribution in [0.4, 0.5) is 5.82 Å². The Morgan fingerprint density at radius 2 is 1.91 bits per heavy atom. The lowest BCUT2D eigenvalue weighted by Gasteiger charge is -2.15. The van der Waals surface area contributed by atoms with E-state index in [2.05, 4.69) is 20.4 Å². The normalized spacial score (nSPS) is 14.3. The number of rotatable bonds is 4. The van der Waals surface area contributed by atoms with Gasteiger partial charge >= 0.3 is 0 Å². The van der Waals surface area contributed by atoms with Gasteiger partial charge in [0.1, 0.15) is 0 Å². The Hall–Kier alpha value is -2.43. The molecule has 0 atom stereocenters. The third-order valence-electron chi connectivity index (χ3n) is 3.92. The molecule has 0 unspecified atom stereocenters. The summed E-state index contributed by atoms with van der Waals surface area (Å²) < 4.78 is 0. The summed E-state index contributed by atoms with van der Waals surface area (Å²) in [6.07, 6.45) is 2.44. The fourth-order valence-corrected chi connectivity index (χ4v) is 2.76. The van der Waals surface area contributed by atoms with Gasteiger partial charge in [-0.1, -0.05) is 12.1 Å². The van der Waals surface area contributed by atoms with Gasteiger partial charge < -0.3 is 10.2 Å². The smallest absolute Gasteiger partial charge is 0.251 e. The monoisotopic (exact) mass is 310 g/mol. The second-order valence-corrected chi connectivity index (χ2v) is 6.18. The summed E-state index contributed by atoms with van der Waals surface area (Å²) in [6.45, 7) is 6.01. The van der Waals surface area contributed by atoms with E-state index in [4.69, 9.17) is 0 Å². The molecular weight excluding hydrogens is 288 g/mol. The lowest BCUT2D eigenvalue weighted by Crippen LogP contribution is -2.30. The van der Waals surface area contributed by atoms with Gasteiger partial charge in [-0.05, 0) is 51.0 Å². The molecule has 3 rings (SSSR count). The van der Waals surface area contributed by atoms with Crippen molar-refractivity contribution in [2.45, 2.75) is 32.7 Å². The van der Waals surface area contributed by atoms with Crippen LogP contribution in [-0.2, 0) is 0 Å². The first-order valence-electron chi connectivity index (χ1n) is 8.13. The van der Waals surface area contributed by atoms with Crippen molar-refractivity contribution in [1.29, 1.82) is 0 Å². The number of hydrogen-bond donors (Lipinski definition) is 1. The van der Waals surface area contributed by atoms with Crippen molar-refractivity contribution in [3.8, 4) is 11.3 Å². The number of carbonyl (C=O) groups excluding carboxylic acids is 1. The Balaban J connectivity index is 1.79. The average molecular weight is 310 g/mol. The molecule has 1 N–H and O–H groups in total. The number of anilines is 1. The van der Waals surface area contributed by atoms with Gasteiger partial charge in [-0.3, -0.25) is 4.79 Å². The minimum Gasteiger partial charge on any atom is -0.355 e. The standard InChI is InChI=1S/C18H22N4O/c1-13(2)19-18(23)15-7-5-6-14(12-15)16-8-9-17(21-20-16)22-10-3-4-11-22/h5-9,12-13H,3-4,10-11H2,1-2H3,(H,19,23). The Bertz CT molecular complexity index is 676. The molecule has 0 saturated carbocycles. The van der Waals surface area contributed by atoms with Crippen molar-refractivity contribution in [1.82, 2.24) is 15.5 Å². The van der Waals surface area contributed by atoms with E-state index in [1.54, 1.807) is 0 Å². The van der Waals surface area contributed by atoms with E-state index < -0.39 is 0 Å². The topological polar surface area (TPSA) is 58.1 Å². The lowest BCUT2D eigenvalue weighted by atomic mass is 10.1. The molecule has 1 amide bonds. The zero-order valence-corrected chi connectivity index (χ0v) is 13.6. The number of hydrogen-bond acceptors (Lipinski definition) is 4. The summed E-state index contributed by atoms with van der Waals surface area (Å²) >= 11 is 0. The van der Waals surface area contributed by atoms with Crippen molar-refractivity contribution >= 4 is 11.7 Å². The molecule has 0 radical (unpaired) electrons. The first kappa shape index (κ1) is 15.5. The Morgan fingerprint density at radius 3 is 2.57 bits per heavy atom. The third-order valence-corrected chi connectivity index (χ3v) is 3.92. The van der Waals surface area contributed by atoms with E-state index in [0.29, 0.717) is 5.56 Å². The van der Waals surface area contributed by atoms with Crippen molar-refractivity contribution in [3.05, 3.63) is 42.0 Å². The molecule has 0 spiro atoms. The van der Waals surface area contributed by atoms with Gasteiger partial charge in [0.15, 0.2) is 5.82 Å². The van der Waals surface area contributed by atoms with Crippen LogP contribution >= 0.6 is 0 Å². The minimum absolute atomic E-state index is 0.0662. The fourth-order valence-electron chi connectivity index (χ4n) is 2.76. The van der Waals surface area contributed by atoms with E-state index >= 15 is 0 Å². The molecule has 1 aliphatic rings. The Labute approximate surface area is 136 Å².